The summed E-state index contributed by atoms with van der Waals surface area (Å²) in [5, 5.41) is -0.0804. The van der Waals surface area contributed by atoms with E-state index in [1.165, 1.54) is 16.7 Å². The van der Waals surface area contributed by atoms with E-state index in [0.717, 1.165) is 13.1 Å². The number of thiophene rings is 1. The van der Waals surface area contributed by atoms with Crippen molar-refractivity contribution in [3.05, 3.63) is 54.1 Å². The van der Waals surface area contributed by atoms with Gasteiger partial charge in [-0.15, -0.1) is 22.9 Å². The summed E-state index contributed by atoms with van der Waals surface area (Å²) in [5.74, 6) is 0. The lowest BCUT2D eigenvalue weighted by Gasteiger charge is -2.11. The Morgan fingerprint density at radius 1 is 1.18 bits per heavy atom. The minimum Gasteiger partial charge on any atom is -0.130 e. The third-order valence-corrected chi connectivity index (χ3v) is 6.53. The highest BCUT2D eigenvalue weighted by molar-refractivity contribution is 9.13. The molecule has 2 aromatic rings. The predicted molar refractivity (Wildman–Crippen MR) is 83.3 cm³/mol. The van der Waals surface area contributed by atoms with Gasteiger partial charge in [0.25, 0.3) is 0 Å². The van der Waals surface area contributed by atoms with E-state index in [2.05, 4.69) is 70.0 Å². The molecule has 0 aliphatic heterocycles. The summed E-state index contributed by atoms with van der Waals surface area (Å²) >= 11 is 15.2. The topological polar surface area (TPSA) is 0 Å². The summed E-state index contributed by atoms with van der Waals surface area (Å²) < 4.78 is 2.15. The first kappa shape index (κ1) is 13.6. The molecular formula is C13H11Br2ClS. The van der Waals surface area contributed by atoms with Crippen LogP contribution in [0.1, 0.15) is 26.9 Å². The fourth-order valence-electron chi connectivity index (χ4n) is 1.75. The van der Waals surface area contributed by atoms with Crippen LogP contribution in [0.2, 0.25) is 0 Å². The zero-order chi connectivity index (χ0) is 12.6. The van der Waals surface area contributed by atoms with Crippen molar-refractivity contribution in [2.45, 2.75) is 19.2 Å². The molecule has 0 radical (unpaired) electrons. The molecule has 0 bridgehead atoms. The molecule has 0 amide bonds. The summed E-state index contributed by atoms with van der Waals surface area (Å²) in [6.45, 7) is 4.20. The van der Waals surface area contributed by atoms with Gasteiger partial charge in [-0.1, -0.05) is 23.8 Å². The van der Waals surface area contributed by atoms with E-state index in [4.69, 9.17) is 11.6 Å². The first-order valence-corrected chi connectivity index (χ1v) is 7.99. The number of rotatable bonds is 2. The number of hydrogen-bond donors (Lipinski definition) is 0. The van der Waals surface area contributed by atoms with E-state index in [1.54, 1.807) is 11.3 Å². The van der Waals surface area contributed by atoms with Crippen molar-refractivity contribution in [2.24, 2.45) is 0 Å². The largest absolute Gasteiger partial charge is 0.130 e. The lowest BCUT2D eigenvalue weighted by molar-refractivity contribution is 1.14. The standard InChI is InChI=1S/C13H11Br2ClS/c1-7-3-4-9(8(2)5-7)12(16)11-6-10(14)13(15)17-11/h3-6,12H,1-2H3. The molecule has 0 spiro atoms. The van der Waals surface area contributed by atoms with Gasteiger partial charge in [0.05, 0.1) is 9.16 Å². The molecule has 0 saturated carbocycles. The SMILES string of the molecule is Cc1ccc(C(Cl)c2cc(Br)c(Br)s2)c(C)c1. The van der Waals surface area contributed by atoms with Crippen LogP contribution in [0.15, 0.2) is 32.5 Å². The van der Waals surface area contributed by atoms with E-state index >= 15 is 0 Å². The number of benzene rings is 1. The van der Waals surface area contributed by atoms with E-state index in [0.29, 0.717) is 0 Å². The Kier molecular flexibility index (Phi) is 4.35. The highest BCUT2D eigenvalue weighted by Gasteiger charge is 2.17. The van der Waals surface area contributed by atoms with E-state index in [-0.39, 0.29) is 5.38 Å². The lowest BCUT2D eigenvalue weighted by Crippen LogP contribution is -1.94. The first-order valence-electron chi connectivity index (χ1n) is 5.15. The van der Waals surface area contributed by atoms with Crippen LogP contribution < -0.4 is 0 Å². The molecule has 0 N–H and O–H groups in total. The third-order valence-electron chi connectivity index (χ3n) is 2.61. The number of aryl methyl sites for hydroxylation is 2. The van der Waals surface area contributed by atoms with Gasteiger partial charge in [-0.3, -0.25) is 0 Å². The van der Waals surface area contributed by atoms with Gasteiger partial charge in [0.1, 0.15) is 0 Å². The third kappa shape index (κ3) is 2.95. The van der Waals surface area contributed by atoms with Gasteiger partial charge >= 0.3 is 0 Å². The predicted octanol–water partition coefficient (Wildman–Crippen LogP) is 6.22. The molecule has 0 nitrogen and oxygen atoms in total. The van der Waals surface area contributed by atoms with Crippen LogP contribution >= 0.6 is 54.8 Å². The van der Waals surface area contributed by atoms with Gasteiger partial charge < -0.3 is 0 Å². The molecule has 1 aromatic carbocycles. The molecule has 0 saturated heterocycles. The Morgan fingerprint density at radius 2 is 1.88 bits per heavy atom. The molecule has 1 atom stereocenters. The summed E-state index contributed by atoms with van der Waals surface area (Å²) in [7, 11) is 0. The minimum absolute atomic E-state index is 0.0804. The zero-order valence-electron chi connectivity index (χ0n) is 9.43. The molecule has 1 unspecified atom stereocenters. The fourth-order valence-corrected chi connectivity index (χ4v) is 4.28. The number of halogens is 3. The monoisotopic (exact) mass is 392 g/mol. The molecule has 4 heteroatoms. The van der Waals surface area contributed by atoms with Crippen molar-refractivity contribution >= 4 is 54.8 Å². The molecule has 17 heavy (non-hydrogen) atoms. The normalized spacial score (nSPS) is 12.8. The van der Waals surface area contributed by atoms with E-state index in [1.807, 2.05) is 0 Å². The Morgan fingerprint density at radius 3 is 2.41 bits per heavy atom. The Bertz CT molecular complexity index is 529. The number of hydrogen-bond acceptors (Lipinski definition) is 1. The quantitative estimate of drug-likeness (QED) is 0.531. The van der Waals surface area contributed by atoms with Gasteiger partial charge in [-0.25, -0.2) is 0 Å². The maximum Gasteiger partial charge on any atom is 0.0931 e. The average molecular weight is 395 g/mol. The Balaban J connectivity index is 2.39. The highest BCUT2D eigenvalue weighted by atomic mass is 79.9. The average Bonchev–Trinajstić information content (AvgIpc) is 2.58. The maximum atomic E-state index is 6.54. The van der Waals surface area contributed by atoms with Gasteiger partial charge in [0.15, 0.2) is 0 Å². The number of alkyl halides is 1. The van der Waals surface area contributed by atoms with Crippen LogP contribution in [0.4, 0.5) is 0 Å². The molecule has 90 valence electrons. The summed E-state index contributed by atoms with van der Waals surface area (Å²) in [6, 6.07) is 8.47. The van der Waals surface area contributed by atoms with Gasteiger partial charge in [0.2, 0.25) is 0 Å². The summed E-state index contributed by atoms with van der Waals surface area (Å²) in [5.41, 5.74) is 3.69. The first-order chi connectivity index (χ1) is 7.99. The highest BCUT2D eigenvalue weighted by Crippen LogP contribution is 2.41. The minimum atomic E-state index is -0.0804. The van der Waals surface area contributed by atoms with Crippen LogP contribution in [0.3, 0.4) is 0 Å². The summed E-state index contributed by atoms with van der Waals surface area (Å²) in [6.07, 6.45) is 0. The van der Waals surface area contributed by atoms with Crippen LogP contribution in [0.25, 0.3) is 0 Å². The molecule has 0 fully saturated rings. The molecule has 2 rings (SSSR count). The van der Waals surface area contributed by atoms with Crippen LogP contribution in [-0.4, -0.2) is 0 Å². The van der Waals surface area contributed by atoms with E-state index in [9.17, 15) is 0 Å². The van der Waals surface area contributed by atoms with Crippen LogP contribution in [-0.2, 0) is 0 Å². The molecule has 0 aliphatic rings. The van der Waals surface area contributed by atoms with Gasteiger partial charge in [0, 0.05) is 9.35 Å². The summed E-state index contributed by atoms with van der Waals surface area (Å²) in [4.78, 5) is 1.15. The smallest absolute Gasteiger partial charge is 0.0931 e. The van der Waals surface area contributed by atoms with Crippen molar-refractivity contribution in [1.29, 1.82) is 0 Å². The molecule has 1 heterocycles. The van der Waals surface area contributed by atoms with Crippen molar-refractivity contribution < 1.29 is 0 Å². The zero-order valence-corrected chi connectivity index (χ0v) is 14.2. The van der Waals surface area contributed by atoms with Crippen molar-refractivity contribution in [3.8, 4) is 0 Å². The van der Waals surface area contributed by atoms with Crippen molar-refractivity contribution in [1.82, 2.24) is 0 Å². The Hall–Kier alpha value is 0.170. The second-order valence-electron chi connectivity index (χ2n) is 3.99. The molecule has 1 aromatic heterocycles. The maximum absolute atomic E-state index is 6.54. The van der Waals surface area contributed by atoms with Gasteiger partial charge in [-0.05, 0) is 62.9 Å². The van der Waals surface area contributed by atoms with Gasteiger partial charge in [-0.2, -0.15) is 0 Å². The van der Waals surface area contributed by atoms with Crippen LogP contribution in [0, 0.1) is 13.8 Å². The molecule has 0 aliphatic carbocycles. The van der Waals surface area contributed by atoms with E-state index < -0.39 is 0 Å². The van der Waals surface area contributed by atoms with Crippen molar-refractivity contribution in [2.75, 3.05) is 0 Å². The van der Waals surface area contributed by atoms with Crippen molar-refractivity contribution in [3.63, 3.8) is 0 Å². The Labute approximate surface area is 127 Å². The molecular weight excluding hydrogens is 383 g/mol. The second-order valence-corrected chi connectivity index (χ2v) is 7.69. The second kappa shape index (κ2) is 5.43. The van der Waals surface area contributed by atoms with Crippen LogP contribution in [0.5, 0.6) is 0 Å². The lowest BCUT2D eigenvalue weighted by atomic mass is 10.0. The fraction of sp³-hybridized carbons (Fsp3) is 0.231.